The van der Waals surface area contributed by atoms with E-state index in [0.717, 1.165) is 40.1 Å². The highest BCUT2D eigenvalue weighted by molar-refractivity contribution is 6.31. The number of rotatable bonds is 6. The van der Waals surface area contributed by atoms with Crippen molar-refractivity contribution in [1.29, 1.82) is 0 Å². The summed E-state index contributed by atoms with van der Waals surface area (Å²) in [5.41, 5.74) is 3.28. The lowest BCUT2D eigenvalue weighted by molar-refractivity contribution is 0.209. The van der Waals surface area contributed by atoms with Crippen molar-refractivity contribution in [3.05, 3.63) is 58.9 Å². The molecule has 1 aromatic heterocycles. The topological polar surface area (TPSA) is 27.1 Å². The third-order valence-corrected chi connectivity index (χ3v) is 6.40. The Morgan fingerprint density at radius 3 is 2.71 bits per heavy atom. The number of aryl methyl sites for hydroxylation is 2. The van der Waals surface area contributed by atoms with E-state index in [1.165, 1.54) is 44.0 Å². The number of hydrogen-bond donors (Lipinski definition) is 0. The summed E-state index contributed by atoms with van der Waals surface area (Å²) in [6.45, 7) is 5.09. The van der Waals surface area contributed by atoms with E-state index in [2.05, 4.69) is 35.8 Å². The number of hydrogen-bond acceptors (Lipinski definition) is 2. The number of nitrogens with zero attached hydrogens (tertiary/aromatic N) is 2. The molecule has 1 atom stereocenters. The Balaban J connectivity index is 1.58. The zero-order chi connectivity index (χ0) is 19.5. The van der Waals surface area contributed by atoms with Gasteiger partial charge in [0.05, 0.1) is 11.0 Å². The summed E-state index contributed by atoms with van der Waals surface area (Å²) in [5.74, 6) is 2.68. The van der Waals surface area contributed by atoms with E-state index in [9.17, 15) is 0 Å². The summed E-state index contributed by atoms with van der Waals surface area (Å²) in [6, 6.07) is 14.2. The van der Waals surface area contributed by atoms with E-state index >= 15 is 0 Å². The minimum atomic E-state index is -0.126. The van der Waals surface area contributed by atoms with Gasteiger partial charge in [-0.3, -0.25) is 0 Å². The van der Waals surface area contributed by atoms with Crippen LogP contribution in [0.2, 0.25) is 5.02 Å². The van der Waals surface area contributed by atoms with Crippen LogP contribution < -0.4 is 4.74 Å². The number of benzene rings is 2. The molecule has 0 saturated heterocycles. The van der Waals surface area contributed by atoms with E-state index in [0.29, 0.717) is 0 Å². The molecule has 4 rings (SSSR count). The Hall–Kier alpha value is -2.00. The molecule has 1 saturated carbocycles. The molecule has 4 heteroatoms. The van der Waals surface area contributed by atoms with Gasteiger partial charge < -0.3 is 9.30 Å². The molecule has 2 aromatic carbocycles. The molecule has 0 aliphatic heterocycles. The average Bonchev–Trinajstić information content (AvgIpc) is 3.09. The SMILES string of the molecule is Cc1cc(OC(C)c2nc3ccccc3n2CCC2CCCCC2)ccc1Cl. The number of ether oxygens (including phenoxy) is 1. The largest absolute Gasteiger partial charge is 0.483 e. The van der Waals surface area contributed by atoms with Crippen LogP contribution in [0.25, 0.3) is 11.0 Å². The second kappa shape index (κ2) is 8.57. The molecule has 3 nitrogen and oxygen atoms in total. The first-order valence-corrected chi connectivity index (χ1v) is 10.9. The van der Waals surface area contributed by atoms with Gasteiger partial charge in [-0.25, -0.2) is 4.98 Å². The Labute approximate surface area is 172 Å². The maximum absolute atomic E-state index is 6.26. The first-order valence-electron chi connectivity index (χ1n) is 10.5. The van der Waals surface area contributed by atoms with Crippen LogP contribution in [-0.4, -0.2) is 9.55 Å². The molecule has 1 unspecified atom stereocenters. The first kappa shape index (κ1) is 19.3. The molecule has 1 fully saturated rings. The number of aromatic nitrogens is 2. The normalized spacial score (nSPS) is 16.4. The number of fused-ring (bicyclic) bond motifs is 1. The number of para-hydroxylation sites is 2. The maximum atomic E-state index is 6.26. The molecular weight excluding hydrogens is 368 g/mol. The van der Waals surface area contributed by atoms with Crippen LogP contribution in [0.5, 0.6) is 5.75 Å². The fraction of sp³-hybridized carbons (Fsp3) is 0.458. The molecule has 28 heavy (non-hydrogen) atoms. The van der Waals surface area contributed by atoms with E-state index in [1.807, 2.05) is 25.1 Å². The highest BCUT2D eigenvalue weighted by Gasteiger charge is 2.20. The Morgan fingerprint density at radius 2 is 1.93 bits per heavy atom. The summed E-state index contributed by atoms with van der Waals surface area (Å²) in [4.78, 5) is 4.92. The van der Waals surface area contributed by atoms with Gasteiger partial charge in [0.1, 0.15) is 5.75 Å². The zero-order valence-corrected chi connectivity index (χ0v) is 17.6. The predicted molar refractivity (Wildman–Crippen MR) is 116 cm³/mol. The van der Waals surface area contributed by atoms with E-state index < -0.39 is 0 Å². The standard InChI is InChI=1S/C24H29ClN2O/c1-17-16-20(12-13-21(17)25)28-18(2)24-26-22-10-6-7-11-23(22)27(24)15-14-19-8-4-3-5-9-19/h6-7,10-13,16,18-19H,3-5,8-9,14-15H2,1-2H3. The Kier molecular flexibility index (Phi) is 5.91. The van der Waals surface area contributed by atoms with Gasteiger partial charge in [-0.05, 0) is 62.1 Å². The molecule has 0 amide bonds. The van der Waals surface area contributed by atoms with Crippen molar-refractivity contribution in [3.63, 3.8) is 0 Å². The van der Waals surface area contributed by atoms with Crippen molar-refractivity contribution in [3.8, 4) is 5.75 Å². The van der Waals surface area contributed by atoms with Crippen molar-refractivity contribution in [2.45, 2.75) is 65.0 Å². The monoisotopic (exact) mass is 396 g/mol. The van der Waals surface area contributed by atoms with Crippen molar-refractivity contribution in [2.24, 2.45) is 5.92 Å². The van der Waals surface area contributed by atoms with E-state index in [-0.39, 0.29) is 6.10 Å². The van der Waals surface area contributed by atoms with Crippen molar-refractivity contribution in [2.75, 3.05) is 0 Å². The second-order valence-electron chi connectivity index (χ2n) is 8.07. The minimum absolute atomic E-state index is 0.126. The Morgan fingerprint density at radius 1 is 1.14 bits per heavy atom. The lowest BCUT2D eigenvalue weighted by atomic mass is 9.87. The highest BCUT2D eigenvalue weighted by Crippen LogP contribution is 2.30. The van der Waals surface area contributed by atoms with Gasteiger partial charge in [-0.2, -0.15) is 0 Å². The molecule has 1 aliphatic carbocycles. The summed E-state index contributed by atoms with van der Waals surface area (Å²) in [7, 11) is 0. The number of imidazole rings is 1. The summed E-state index contributed by atoms with van der Waals surface area (Å²) >= 11 is 6.16. The predicted octanol–water partition coefficient (Wildman–Crippen LogP) is 7.11. The van der Waals surface area contributed by atoms with Gasteiger partial charge in [0.25, 0.3) is 0 Å². The maximum Gasteiger partial charge on any atom is 0.153 e. The van der Waals surface area contributed by atoms with Crippen molar-refractivity contribution < 1.29 is 4.74 Å². The van der Waals surface area contributed by atoms with Crippen LogP contribution >= 0.6 is 11.6 Å². The van der Waals surface area contributed by atoms with Crippen molar-refractivity contribution >= 4 is 22.6 Å². The Bertz CT molecular complexity index is 943. The van der Waals surface area contributed by atoms with Crippen LogP contribution in [0.1, 0.15) is 62.9 Å². The van der Waals surface area contributed by atoms with E-state index in [4.69, 9.17) is 21.3 Å². The molecule has 148 valence electrons. The van der Waals surface area contributed by atoms with Crippen LogP contribution in [-0.2, 0) is 6.54 Å². The molecule has 0 N–H and O–H groups in total. The van der Waals surface area contributed by atoms with Crippen LogP contribution in [0.4, 0.5) is 0 Å². The fourth-order valence-corrected chi connectivity index (χ4v) is 4.49. The van der Waals surface area contributed by atoms with Gasteiger partial charge in [0.15, 0.2) is 11.9 Å². The smallest absolute Gasteiger partial charge is 0.153 e. The number of halogens is 1. The van der Waals surface area contributed by atoms with Gasteiger partial charge in [-0.1, -0.05) is 55.8 Å². The van der Waals surface area contributed by atoms with Crippen molar-refractivity contribution in [1.82, 2.24) is 9.55 Å². The average molecular weight is 397 g/mol. The van der Waals surface area contributed by atoms with Gasteiger partial charge in [0.2, 0.25) is 0 Å². The molecular formula is C24H29ClN2O. The third kappa shape index (κ3) is 4.20. The minimum Gasteiger partial charge on any atom is -0.483 e. The van der Waals surface area contributed by atoms with Gasteiger partial charge in [0, 0.05) is 11.6 Å². The highest BCUT2D eigenvalue weighted by atomic mass is 35.5. The molecule has 0 bridgehead atoms. The van der Waals surface area contributed by atoms with Gasteiger partial charge in [-0.15, -0.1) is 0 Å². The summed E-state index contributed by atoms with van der Waals surface area (Å²) < 4.78 is 8.63. The van der Waals surface area contributed by atoms with E-state index in [1.54, 1.807) is 0 Å². The fourth-order valence-electron chi connectivity index (χ4n) is 4.37. The molecule has 3 aromatic rings. The second-order valence-corrected chi connectivity index (χ2v) is 8.48. The zero-order valence-electron chi connectivity index (χ0n) is 16.8. The van der Waals surface area contributed by atoms with Crippen LogP contribution in [0.15, 0.2) is 42.5 Å². The lowest BCUT2D eigenvalue weighted by Gasteiger charge is -2.23. The van der Waals surface area contributed by atoms with Crippen LogP contribution in [0, 0.1) is 12.8 Å². The first-order chi connectivity index (χ1) is 13.6. The lowest BCUT2D eigenvalue weighted by Crippen LogP contribution is -2.15. The molecule has 1 aliphatic rings. The molecule has 0 spiro atoms. The third-order valence-electron chi connectivity index (χ3n) is 5.98. The summed E-state index contributed by atoms with van der Waals surface area (Å²) in [6.07, 6.45) is 8.02. The quantitative estimate of drug-likeness (QED) is 0.444. The molecule has 0 radical (unpaired) electrons. The van der Waals surface area contributed by atoms with Crippen LogP contribution in [0.3, 0.4) is 0 Å². The summed E-state index contributed by atoms with van der Waals surface area (Å²) in [5, 5.41) is 0.764. The van der Waals surface area contributed by atoms with Gasteiger partial charge >= 0.3 is 0 Å². The molecule has 1 heterocycles.